The van der Waals surface area contributed by atoms with Gasteiger partial charge in [0.15, 0.2) is 0 Å². The number of hydrogen-bond donors (Lipinski definition) is 1. The van der Waals surface area contributed by atoms with Crippen molar-refractivity contribution in [3.05, 3.63) is 34.9 Å². The summed E-state index contributed by atoms with van der Waals surface area (Å²) < 4.78 is 0. The lowest BCUT2D eigenvalue weighted by Crippen LogP contribution is -2.35. The minimum atomic E-state index is 0.864. The monoisotopic (exact) mass is 231 g/mol. The molecule has 2 rings (SSSR count). The van der Waals surface area contributed by atoms with E-state index in [0.29, 0.717) is 0 Å². The van der Waals surface area contributed by atoms with Gasteiger partial charge in [0.25, 0.3) is 0 Å². The van der Waals surface area contributed by atoms with Crippen LogP contribution in [0.4, 0.5) is 0 Å². The van der Waals surface area contributed by atoms with Crippen LogP contribution in [-0.2, 0) is 6.42 Å². The molecule has 0 saturated carbocycles. The minimum absolute atomic E-state index is 0.864. The standard InChI is InChI=1S/C16H25N/c1-12-9-10-17-11-15(12)7-8-16-13(2)5-4-6-14(16)3/h4-6,12,15,17H,7-11H2,1-3H3. The molecule has 0 bridgehead atoms. The Morgan fingerprint density at radius 2 is 1.94 bits per heavy atom. The predicted octanol–water partition coefficient (Wildman–Crippen LogP) is 3.48. The zero-order chi connectivity index (χ0) is 12.3. The van der Waals surface area contributed by atoms with Gasteiger partial charge in [-0.05, 0) is 74.7 Å². The van der Waals surface area contributed by atoms with Crippen molar-refractivity contribution in [3.63, 3.8) is 0 Å². The van der Waals surface area contributed by atoms with E-state index in [9.17, 15) is 0 Å². The van der Waals surface area contributed by atoms with Gasteiger partial charge in [0, 0.05) is 0 Å². The molecule has 2 unspecified atom stereocenters. The van der Waals surface area contributed by atoms with Gasteiger partial charge in [-0.25, -0.2) is 0 Å². The first-order chi connectivity index (χ1) is 8.18. The Morgan fingerprint density at radius 1 is 1.24 bits per heavy atom. The van der Waals surface area contributed by atoms with E-state index < -0.39 is 0 Å². The predicted molar refractivity (Wildman–Crippen MR) is 74.4 cm³/mol. The Labute approximate surface area is 106 Å². The van der Waals surface area contributed by atoms with Crippen LogP contribution in [0.15, 0.2) is 18.2 Å². The first-order valence-electron chi connectivity index (χ1n) is 6.94. The molecule has 1 aromatic carbocycles. The van der Waals surface area contributed by atoms with E-state index in [1.54, 1.807) is 5.56 Å². The van der Waals surface area contributed by atoms with E-state index in [0.717, 1.165) is 11.8 Å². The Balaban J connectivity index is 1.97. The minimum Gasteiger partial charge on any atom is -0.316 e. The van der Waals surface area contributed by atoms with Gasteiger partial charge in [0.1, 0.15) is 0 Å². The maximum absolute atomic E-state index is 3.53. The molecule has 1 N–H and O–H groups in total. The normalized spacial score (nSPS) is 24.9. The molecule has 94 valence electrons. The van der Waals surface area contributed by atoms with Crippen molar-refractivity contribution in [2.75, 3.05) is 13.1 Å². The number of rotatable bonds is 3. The molecule has 0 spiro atoms. The van der Waals surface area contributed by atoms with Crippen LogP contribution in [0.3, 0.4) is 0 Å². The van der Waals surface area contributed by atoms with Crippen molar-refractivity contribution in [1.82, 2.24) is 5.32 Å². The molecule has 1 aliphatic heterocycles. The lowest BCUT2D eigenvalue weighted by Gasteiger charge is -2.29. The SMILES string of the molecule is Cc1cccc(C)c1CCC1CNCCC1C. The summed E-state index contributed by atoms with van der Waals surface area (Å²) >= 11 is 0. The van der Waals surface area contributed by atoms with Crippen LogP contribution in [0.5, 0.6) is 0 Å². The second-order valence-electron chi connectivity index (χ2n) is 5.64. The quantitative estimate of drug-likeness (QED) is 0.840. The van der Waals surface area contributed by atoms with Crippen LogP contribution >= 0.6 is 0 Å². The largest absolute Gasteiger partial charge is 0.316 e. The van der Waals surface area contributed by atoms with Crippen molar-refractivity contribution >= 4 is 0 Å². The second-order valence-corrected chi connectivity index (χ2v) is 5.64. The van der Waals surface area contributed by atoms with Crippen LogP contribution in [0.1, 0.15) is 36.5 Å². The van der Waals surface area contributed by atoms with E-state index in [1.165, 1.54) is 43.5 Å². The lowest BCUT2D eigenvalue weighted by atomic mass is 9.83. The third-order valence-electron chi connectivity index (χ3n) is 4.40. The molecule has 17 heavy (non-hydrogen) atoms. The molecule has 1 saturated heterocycles. The third-order valence-corrected chi connectivity index (χ3v) is 4.40. The summed E-state index contributed by atoms with van der Waals surface area (Å²) in [5.74, 6) is 1.75. The van der Waals surface area contributed by atoms with Crippen LogP contribution in [-0.4, -0.2) is 13.1 Å². The van der Waals surface area contributed by atoms with Crippen molar-refractivity contribution in [2.24, 2.45) is 11.8 Å². The number of aryl methyl sites for hydroxylation is 2. The Hall–Kier alpha value is -0.820. The van der Waals surface area contributed by atoms with Crippen molar-refractivity contribution in [1.29, 1.82) is 0 Å². The van der Waals surface area contributed by atoms with Gasteiger partial charge < -0.3 is 5.32 Å². The average molecular weight is 231 g/mol. The molecule has 0 amide bonds. The van der Waals surface area contributed by atoms with Gasteiger partial charge in [0.2, 0.25) is 0 Å². The fourth-order valence-corrected chi connectivity index (χ4v) is 3.01. The van der Waals surface area contributed by atoms with Crippen molar-refractivity contribution in [2.45, 2.75) is 40.0 Å². The molecule has 1 heteroatoms. The van der Waals surface area contributed by atoms with Crippen LogP contribution in [0, 0.1) is 25.7 Å². The summed E-state index contributed by atoms with van der Waals surface area (Å²) in [6, 6.07) is 6.65. The topological polar surface area (TPSA) is 12.0 Å². The molecular formula is C16H25N. The molecule has 0 aromatic heterocycles. The molecule has 1 aliphatic rings. The lowest BCUT2D eigenvalue weighted by molar-refractivity contribution is 0.260. The van der Waals surface area contributed by atoms with E-state index >= 15 is 0 Å². The number of nitrogens with one attached hydrogen (secondary N) is 1. The van der Waals surface area contributed by atoms with Crippen molar-refractivity contribution < 1.29 is 0 Å². The highest BCUT2D eigenvalue weighted by Crippen LogP contribution is 2.25. The second kappa shape index (κ2) is 5.68. The van der Waals surface area contributed by atoms with Crippen LogP contribution in [0.25, 0.3) is 0 Å². The van der Waals surface area contributed by atoms with E-state index in [-0.39, 0.29) is 0 Å². The highest BCUT2D eigenvalue weighted by Gasteiger charge is 2.20. The van der Waals surface area contributed by atoms with Gasteiger partial charge in [-0.1, -0.05) is 25.1 Å². The summed E-state index contributed by atoms with van der Waals surface area (Å²) in [7, 11) is 0. The molecule has 1 fully saturated rings. The average Bonchev–Trinajstić information content (AvgIpc) is 2.30. The number of hydrogen-bond acceptors (Lipinski definition) is 1. The van der Waals surface area contributed by atoms with Gasteiger partial charge in [0.05, 0.1) is 0 Å². The fraction of sp³-hybridized carbons (Fsp3) is 0.625. The fourth-order valence-electron chi connectivity index (χ4n) is 3.01. The molecule has 2 atom stereocenters. The van der Waals surface area contributed by atoms with E-state index in [1.807, 2.05) is 0 Å². The smallest absolute Gasteiger partial charge is 0.00178 e. The van der Waals surface area contributed by atoms with Crippen LogP contribution < -0.4 is 5.32 Å². The van der Waals surface area contributed by atoms with Gasteiger partial charge in [-0.15, -0.1) is 0 Å². The molecular weight excluding hydrogens is 206 g/mol. The Morgan fingerprint density at radius 3 is 2.59 bits per heavy atom. The first kappa shape index (κ1) is 12.6. The molecule has 0 radical (unpaired) electrons. The molecule has 0 aliphatic carbocycles. The zero-order valence-electron chi connectivity index (χ0n) is 11.4. The molecule has 1 nitrogen and oxygen atoms in total. The van der Waals surface area contributed by atoms with E-state index in [2.05, 4.69) is 44.3 Å². The summed E-state index contributed by atoms with van der Waals surface area (Å²) in [6.07, 6.45) is 3.92. The van der Waals surface area contributed by atoms with E-state index in [4.69, 9.17) is 0 Å². The summed E-state index contributed by atoms with van der Waals surface area (Å²) in [5.41, 5.74) is 4.49. The summed E-state index contributed by atoms with van der Waals surface area (Å²) in [4.78, 5) is 0. The summed E-state index contributed by atoms with van der Waals surface area (Å²) in [6.45, 7) is 9.32. The maximum Gasteiger partial charge on any atom is -0.00178 e. The van der Waals surface area contributed by atoms with Crippen LogP contribution in [0.2, 0.25) is 0 Å². The third kappa shape index (κ3) is 3.10. The highest BCUT2D eigenvalue weighted by molar-refractivity contribution is 5.33. The Kier molecular flexibility index (Phi) is 4.22. The maximum atomic E-state index is 3.53. The highest BCUT2D eigenvalue weighted by atomic mass is 14.9. The van der Waals surface area contributed by atoms with Gasteiger partial charge >= 0.3 is 0 Å². The van der Waals surface area contributed by atoms with Crippen molar-refractivity contribution in [3.8, 4) is 0 Å². The molecule has 1 aromatic rings. The zero-order valence-corrected chi connectivity index (χ0v) is 11.4. The summed E-state index contributed by atoms with van der Waals surface area (Å²) in [5, 5.41) is 3.53. The molecule has 1 heterocycles. The first-order valence-corrected chi connectivity index (χ1v) is 6.94. The van der Waals surface area contributed by atoms with Gasteiger partial charge in [-0.2, -0.15) is 0 Å². The number of benzene rings is 1. The number of piperidine rings is 1. The van der Waals surface area contributed by atoms with Gasteiger partial charge in [-0.3, -0.25) is 0 Å². The Bertz CT molecular complexity index is 350.